The van der Waals surface area contributed by atoms with Crippen molar-refractivity contribution in [1.82, 2.24) is 10.6 Å². The third kappa shape index (κ3) is 4.02. The number of nitrogens with one attached hydrogen (secondary N) is 2. The standard InChI is InChI=1S/C20H24N2O2/c1-15(18-14-21-12-13-22-18)24-20(23)19(16-8-4-2-5-9-16)17-10-6-3-7-11-17/h2-11,15,18-19,21-22H,12-14H2,1H3. The van der Waals surface area contributed by atoms with Gasteiger partial charge in [-0.05, 0) is 18.1 Å². The highest BCUT2D eigenvalue weighted by molar-refractivity contribution is 5.82. The summed E-state index contributed by atoms with van der Waals surface area (Å²) in [4.78, 5) is 12.9. The van der Waals surface area contributed by atoms with Crippen LogP contribution in [0.4, 0.5) is 0 Å². The van der Waals surface area contributed by atoms with Crippen LogP contribution in [0.15, 0.2) is 60.7 Å². The second kappa shape index (κ2) is 8.08. The minimum Gasteiger partial charge on any atom is -0.460 e. The number of rotatable bonds is 5. The van der Waals surface area contributed by atoms with Crippen LogP contribution in [0, 0.1) is 0 Å². The average molecular weight is 324 g/mol. The van der Waals surface area contributed by atoms with Gasteiger partial charge in [0, 0.05) is 19.6 Å². The number of carbonyl (C=O) groups excluding carboxylic acids is 1. The Morgan fingerprint density at radius 1 is 1.00 bits per heavy atom. The average Bonchev–Trinajstić information content (AvgIpc) is 2.64. The van der Waals surface area contributed by atoms with Crippen LogP contribution in [0.3, 0.4) is 0 Å². The van der Waals surface area contributed by atoms with Crippen molar-refractivity contribution in [1.29, 1.82) is 0 Å². The molecular formula is C20H24N2O2. The van der Waals surface area contributed by atoms with Crippen LogP contribution < -0.4 is 10.6 Å². The largest absolute Gasteiger partial charge is 0.460 e. The summed E-state index contributed by atoms with van der Waals surface area (Å²) < 4.78 is 5.82. The van der Waals surface area contributed by atoms with E-state index >= 15 is 0 Å². The van der Waals surface area contributed by atoms with Crippen molar-refractivity contribution in [3.8, 4) is 0 Å². The van der Waals surface area contributed by atoms with Crippen LogP contribution in [-0.4, -0.2) is 37.7 Å². The van der Waals surface area contributed by atoms with Crippen LogP contribution >= 0.6 is 0 Å². The van der Waals surface area contributed by atoms with Crippen molar-refractivity contribution in [2.24, 2.45) is 0 Å². The third-order valence-electron chi connectivity index (χ3n) is 4.44. The lowest BCUT2D eigenvalue weighted by Gasteiger charge is -2.30. The number of hydrogen-bond acceptors (Lipinski definition) is 4. The second-order valence-electron chi connectivity index (χ2n) is 6.16. The Hall–Kier alpha value is -2.17. The number of carbonyl (C=O) groups is 1. The first-order valence-electron chi connectivity index (χ1n) is 8.50. The van der Waals surface area contributed by atoms with Crippen molar-refractivity contribution in [3.63, 3.8) is 0 Å². The molecule has 0 bridgehead atoms. The molecule has 0 saturated carbocycles. The molecule has 2 atom stereocenters. The molecule has 3 rings (SSSR count). The predicted octanol–water partition coefficient (Wildman–Crippen LogP) is 2.31. The van der Waals surface area contributed by atoms with Crippen LogP contribution in [0.25, 0.3) is 0 Å². The molecule has 1 saturated heterocycles. The van der Waals surface area contributed by atoms with Gasteiger partial charge in [0.05, 0.1) is 6.04 Å². The molecule has 0 radical (unpaired) electrons. The Labute approximate surface area is 143 Å². The number of piperazine rings is 1. The van der Waals surface area contributed by atoms with E-state index in [0.29, 0.717) is 0 Å². The summed E-state index contributed by atoms with van der Waals surface area (Å²) in [7, 11) is 0. The molecule has 126 valence electrons. The maximum Gasteiger partial charge on any atom is 0.318 e. The van der Waals surface area contributed by atoms with Gasteiger partial charge in [-0.25, -0.2) is 0 Å². The molecule has 1 aliphatic rings. The van der Waals surface area contributed by atoms with Crippen molar-refractivity contribution in [3.05, 3.63) is 71.8 Å². The molecule has 2 N–H and O–H groups in total. The summed E-state index contributed by atoms with van der Waals surface area (Å²) in [6.07, 6.45) is -0.180. The maximum absolute atomic E-state index is 12.9. The lowest BCUT2D eigenvalue weighted by molar-refractivity contribution is -0.150. The van der Waals surface area contributed by atoms with Gasteiger partial charge in [-0.2, -0.15) is 0 Å². The summed E-state index contributed by atoms with van der Waals surface area (Å²) in [5.74, 6) is -0.598. The van der Waals surface area contributed by atoms with E-state index < -0.39 is 5.92 Å². The second-order valence-corrected chi connectivity index (χ2v) is 6.16. The van der Waals surface area contributed by atoms with Gasteiger partial charge >= 0.3 is 5.97 Å². The van der Waals surface area contributed by atoms with E-state index in [1.54, 1.807) is 0 Å². The van der Waals surface area contributed by atoms with E-state index in [1.807, 2.05) is 67.6 Å². The molecule has 4 heteroatoms. The molecule has 0 spiro atoms. The maximum atomic E-state index is 12.9. The minimum atomic E-state index is -0.397. The van der Waals surface area contributed by atoms with E-state index in [-0.39, 0.29) is 18.1 Å². The molecule has 24 heavy (non-hydrogen) atoms. The highest BCUT2D eigenvalue weighted by Crippen LogP contribution is 2.26. The lowest BCUT2D eigenvalue weighted by Crippen LogP contribution is -2.54. The third-order valence-corrected chi connectivity index (χ3v) is 4.44. The first-order valence-corrected chi connectivity index (χ1v) is 8.50. The Bertz CT molecular complexity index is 600. The van der Waals surface area contributed by atoms with Gasteiger partial charge in [0.15, 0.2) is 0 Å². The molecule has 1 heterocycles. The fourth-order valence-electron chi connectivity index (χ4n) is 3.10. The molecule has 2 unspecified atom stereocenters. The number of benzene rings is 2. The highest BCUT2D eigenvalue weighted by atomic mass is 16.5. The van der Waals surface area contributed by atoms with Crippen LogP contribution in [0.2, 0.25) is 0 Å². The summed E-state index contributed by atoms with van der Waals surface area (Å²) >= 11 is 0. The van der Waals surface area contributed by atoms with Crippen LogP contribution in [-0.2, 0) is 9.53 Å². The summed E-state index contributed by atoms with van der Waals surface area (Å²) in [5, 5.41) is 6.73. The molecule has 0 amide bonds. The predicted molar refractivity (Wildman–Crippen MR) is 94.9 cm³/mol. The van der Waals surface area contributed by atoms with E-state index in [0.717, 1.165) is 30.8 Å². The van der Waals surface area contributed by atoms with Gasteiger partial charge in [-0.3, -0.25) is 4.79 Å². The zero-order chi connectivity index (χ0) is 16.8. The topological polar surface area (TPSA) is 50.4 Å². The summed E-state index contributed by atoms with van der Waals surface area (Å²) in [6, 6.07) is 19.8. The van der Waals surface area contributed by atoms with E-state index in [9.17, 15) is 4.79 Å². The van der Waals surface area contributed by atoms with Gasteiger partial charge in [-0.1, -0.05) is 60.7 Å². The van der Waals surface area contributed by atoms with Crippen LogP contribution in [0.5, 0.6) is 0 Å². The first kappa shape index (κ1) is 16.7. The molecule has 0 aliphatic carbocycles. The number of esters is 1. The highest BCUT2D eigenvalue weighted by Gasteiger charge is 2.28. The summed E-state index contributed by atoms with van der Waals surface area (Å²) in [5.41, 5.74) is 1.91. The Kier molecular flexibility index (Phi) is 5.62. The normalized spacial score (nSPS) is 19.0. The Morgan fingerprint density at radius 3 is 2.08 bits per heavy atom. The zero-order valence-corrected chi connectivity index (χ0v) is 13.9. The quantitative estimate of drug-likeness (QED) is 0.829. The van der Waals surface area contributed by atoms with Crippen molar-refractivity contribution in [2.75, 3.05) is 19.6 Å². The van der Waals surface area contributed by atoms with Gasteiger partial charge in [0.1, 0.15) is 12.0 Å². The zero-order valence-electron chi connectivity index (χ0n) is 13.9. The smallest absolute Gasteiger partial charge is 0.318 e. The molecule has 2 aromatic carbocycles. The van der Waals surface area contributed by atoms with E-state index in [4.69, 9.17) is 4.74 Å². The molecule has 2 aromatic rings. The minimum absolute atomic E-state index is 0.148. The Morgan fingerprint density at radius 2 is 1.58 bits per heavy atom. The molecule has 1 fully saturated rings. The monoisotopic (exact) mass is 324 g/mol. The SMILES string of the molecule is CC(OC(=O)C(c1ccccc1)c1ccccc1)C1CNCCN1. The van der Waals surface area contributed by atoms with E-state index in [1.165, 1.54) is 0 Å². The van der Waals surface area contributed by atoms with Crippen LogP contribution in [0.1, 0.15) is 24.0 Å². The van der Waals surface area contributed by atoms with Crippen molar-refractivity contribution >= 4 is 5.97 Å². The number of ether oxygens (including phenoxy) is 1. The van der Waals surface area contributed by atoms with Crippen molar-refractivity contribution < 1.29 is 9.53 Å². The molecule has 1 aliphatic heterocycles. The molecule has 0 aromatic heterocycles. The Balaban J connectivity index is 1.79. The fraction of sp³-hybridized carbons (Fsp3) is 0.350. The molecule has 4 nitrogen and oxygen atoms in total. The van der Waals surface area contributed by atoms with E-state index in [2.05, 4.69) is 10.6 Å². The number of hydrogen-bond donors (Lipinski definition) is 2. The van der Waals surface area contributed by atoms with Gasteiger partial charge in [0.2, 0.25) is 0 Å². The van der Waals surface area contributed by atoms with Gasteiger partial charge < -0.3 is 15.4 Å². The lowest BCUT2D eigenvalue weighted by atomic mass is 9.91. The van der Waals surface area contributed by atoms with Gasteiger partial charge in [0.25, 0.3) is 0 Å². The molecular weight excluding hydrogens is 300 g/mol. The van der Waals surface area contributed by atoms with Crippen molar-refractivity contribution in [2.45, 2.75) is 25.0 Å². The fourth-order valence-corrected chi connectivity index (χ4v) is 3.10. The van der Waals surface area contributed by atoms with Gasteiger partial charge in [-0.15, -0.1) is 0 Å². The summed E-state index contributed by atoms with van der Waals surface area (Å²) in [6.45, 7) is 4.62. The first-order chi connectivity index (χ1) is 11.8.